The molecule has 0 heterocycles. The van der Waals surface area contributed by atoms with Crippen molar-refractivity contribution in [2.24, 2.45) is 17.8 Å². The molecule has 1 fully saturated rings. The largest absolute Gasteiger partial charge is 0.389 e. The zero-order valence-corrected chi connectivity index (χ0v) is 7.33. The second-order valence-corrected chi connectivity index (χ2v) is 3.90. The summed E-state index contributed by atoms with van der Waals surface area (Å²) < 4.78 is 0. The van der Waals surface area contributed by atoms with Crippen LogP contribution < -0.4 is 0 Å². The topological polar surface area (TPSA) is 44.0 Å². The van der Waals surface area contributed by atoms with Crippen LogP contribution in [0.15, 0.2) is 0 Å². The molecule has 4 atom stereocenters. The van der Waals surface area contributed by atoms with Gasteiger partial charge in [0.05, 0.1) is 17.6 Å². The summed E-state index contributed by atoms with van der Waals surface area (Å²) >= 11 is 0. The van der Waals surface area contributed by atoms with E-state index in [2.05, 4.69) is 13.0 Å². The van der Waals surface area contributed by atoms with Gasteiger partial charge >= 0.3 is 0 Å². The normalized spacial score (nSPS) is 37.0. The van der Waals surface area contributed by atoms with Crippen LogP contribution in [0.5, 0.6) is 0 Å². The SMILES string of the molecule is CC1CC1C(C)(O)C(C)C#N. The van der Waals surface area contributed by atoms with E-state index in [9.17, 15) is 5.11 Å². The van der Waals surface area contributed by atoms with E-state index in [0.29, 0.717) is 11.8 Å². The number of nitriles is 1. The number of aliphatic hydroxyl groups is 1. The summed E-state index contributed by atoms with van der Waals surface area (Å²) in [6, 6.07) is 2.10. The molecule has 4 unspecified atom stereocenters. The van der Waals surface area contributed by atoms with Gasteiger partial charge in [0.2, 0.25) is 0 Å². The number of hydrogen-bond acceptors (Lipinski definition) is 2. The van der Waals surface area contributed by atoms with Gasteiger partial charge in [0.15, 0.2) is 0 Å². The molecule has 11 heavy (non-hydrogen) atoms. The van der Waals surface area contributed by atoms with Crippen LogP contribution in [0.3, 0.4) is 0 Å². The molecule has 0 aliphatic heterocycles. The Balaban J connectivity index is 2.61. The van der Waals surface area contributed by atoms with Gasteiger partial charge in [0, 0.05) is 0 Å². The maximum absolute atomic E-state index is 9.87. The molecule has 0 aromatic carbocycles. The van der Waals surface area contributed by atoms with E-state index in [1.54, 1.807) is 13.8 Å². The summed E-state index contributed by atoms with van der Waals surface area (Å²) in [7, 11) is 0. The average molecular weight is 153 g/mol. The minimum Gasteiger partial charge on any atom is -0.389 e. The van der Waals surface area contributed by atoms with E-state index in [0.717, 1.165) is 6.42 Å². The predicted octanol–water partition coefficient (Wildman–Crippen LogP) is 1.55. The van der Waals surface area contributed by atoms with Crippen LogP contribution >= 0.6 is 0 Å². The molecule has 0 aromatic rings. The first-order valence-corrected chi connectivity index (χ1v) is 4.12. The van der Waals surface area contributed by atoms with Gasteiger partial charge in [0.25, 0.3) is 0 Å². The Labute approximate surface area is 67.8 Å². The summed E-state index contributed by atoms with van der Waals surface area (Å²) in [5.41, 5.74) is -0.770. The second kappa shape index (κ2) is 2.49. The van der Waals surface area contributed by atoms with E-state index in [-0.39, 0.29) is 5.92 Å². The predicted molar refractivity (Wildman–Crippen MR) is 42.7 cm³/mol. The lowest BCUT2D eigenvalue weighted by molar-refractivity contribution is 0.000838. The third kappa shape index (κ3) is 1.39. The highest BCUT2D eigenvalue weighted by Gasteiger charge is 2.49. The van der Waals surface area contributed by atoms with Crippen LogP contribution in [0.1, 0.15) is 27.2 Å². The van der Waals surface area contributed by atoms with Crippen molar-refractivity contribution in [1.82, 2.24) is 0 Å². The lowest BCUT2D eigenvalue weighted by atomic mass is 9.86. The summed E-state index contributed by atoms with van der Waals surface area (Å²) in [6.45, 7) is 5.67. The van der Waals surface area contributed by atoms with Crippen LogP contribution in [0.25, 0.3) is 0 Å². The van der Waals surface area contributed by atoms with Crippen molar-refractivity contribution >= 4 is 0 Å². The Morgan fingerprint density at radius 3 is 2.45 bits per heavy atom. The monoisotopic (exact) mass is 153 g/mol. The summed E-state index contributed by atoms with van der Waals surface area (Å²) in [5, 5.41) is 18.5. The molecule has 1 aliphatic rings. The van der Waals surface area contributed by atoms with Crippen LogP contribution in [-0.2, 0) is 0 Å². The van der Waals surface area contributed by atoms with E-state index < -0.39 is 5.60 Å². The van der Waals surface area contributed by atoms with E-state index >= 15 is 0 Å². The van der Waals surface area contributed by atoms with Crippen molar-refractivity contribution in [1.29, 1.82) is 5.26 Å². The van der Waals surface area contributed by atoms with Crippen molar-refractivity contribution in [3.05, 3.63) is 0 Å². The first-order chi connectivity index (χ1) is 5.00. The Hall–Kier alpha value is -0.550. The minimum atomic E-state index is -0.770. The molecule has 1 saturated carbocycles. The molecule has 0 saturated heterocycles. The van der Waals surface area contributed by atoms with Crippen LogP contribution in [0.4, 0.5) is 0 Å². The molecule has 2 nitrogen and oxygen atoms in total. The third-order valence-corrected chi connectivity index (χ3v) is 2.93. The lowest BCUT2D eigenvalue weighted by Crippen LogP contribution is -2.35. The zero-order valence-electron chi connectivity index (χ0n) is 7.33. The number of rotatable bonds is 2. The Morgan fingerprint density at radius 2 is 2.18 bits per heavy atom. The Bertz CT molecular complexity index is 192. The highest BCUT2D eigenvalue weighted by atomic mass is 16.3. The fraction of sp³-hybridized carbons (Fsp3) is 0.889. The first-order valence-electron chi connectivity index (χ1n) is 4.12. The van der Waals surface area contributed by atoms with Crippen molar-refractivity contribution in [2.45, 2.75) is 32.8 Å². The quantitative estimate of drug-likeness (QED) is 0.654. The highest BCUT2D eigenvalue weighted by molar-refractivity contribution is 5.04. The van der Waals surface area contributed by atoms with Gasteiger partial charge in [-0.05, 0) is 32.1 Å². The lowest BCUT2D eigenvalue weighted by Gasteiger charge is -2.25. The van der Waals surface area contributed by atoms with Crippen molar-refractivity contribution < 1.29 is 5.11 Å². The first kappa shape index (κ1) is 8.55. The molecule has 0 aromatic heterocycles. The standard InChI is InChI=1S/C9H15NO/c1-6-4-8(6)9(3,11)7(2)5-10/h6-8,11H,4H2,1-3H3. The minimum absolute atomic E-state index is 0.252. The summed E-state index contributed by atoms with van der Waals surface area (Å²) in [5.74, 6) is 0.690. The smallest absolute Gasteiger partial charge is 0.0805 e. The van der Waals surface area contributed by atoms with E-state index in [1.165, 1.54) is 0 Å². The summed E-state index contributed by atoms with van der Waals surface area (Å²) in [4.78, 5) is 0. The third-order valence-electron chi connectivity index (χ3n) is 2.93. The molecule has 2 heteroatoms. The Kier molecular flexibility index (Phi) is 1.94. The van der Waals surface area contributed by atoms with Gasteiger partial charge in [-0.3, -0.25) is 0 Å². The van der Waals surface area contributed by atoms with Crippen molar-refractivity contribution in [3.8, 4) is 6.07 Å². The van der Waals surface area contributed by atoms with Crippen molar-refractivity contribution in [3.63, 3.8) is 0 Å². The fourth-order valence-electron chi connectivity index (χ4n) is 1.59. The van der Waals surface area contributed by atoms with Crippen LogP contribution in [0.2, 0.25) is 0 Å². The molecule has 0 spiro atoms. The summed E-state index contributed by atoms with van der Waals surface area (Å²) in [6.07, 6.45) is 1.07. The second-order valence-electron chi connectivity index (χ2n) is 3.90. The fourth-order valence-corrected chi connectivity index (χ4v) is 1.59. The van der Waals surface area contributed by atoms with Crippen LogP contribution in [0, 0.1) is 29.1 Å². The van der Waals surface area contributed by atoms with Gasteiger partial charge in [0.1, 0.15) is 0 Å². The van der Waals surface area contributed by atoms with Crippen LogP contribution in [-0.4, -0.2) is 10.7 Å². The Morgan fingerprint density at radius 1 is 1.73 bits per heavy atom. The van der Waals surface area contributed by atoms with E-state index in [1.807, 2.05) is 0 Å². The molecular weight excluding hydrogens is 138 g/mol. The average Bonchev–Trinajstić information content (AvgIpc) is 2.65. The molecule has 0 bridgehead atoms. The molecule has 1 N–H and O–H groups in total. The maximum atomic E-state index is 9.87. The molecular formula is C9H15NO. The number of nitrogens with zero attached hydrogens (tertiary/aromatic N) is 1. The maximum Gasteiger partial charge on any atom is 0.0805 e. The zero-order chi connectivity index (χ0) is 8.65. The molecule has 0 amide bonds. The van der Waals surface area contributed by atoms with E-state index in [4.69, 9.17) is 5.26 Å². The molecule has 0 radical (unpaired) electrons. The van der Waals surface area contributed by atoms with Gasteiger partial charge in [-0.1, -0.05) is 6.92 Å². The van der Waals surface area contributed by atoms with Gasteiger partial charge in [-0.15, -0.1) is 0 Å². The molecule has 62 valence electrons. The molecule has 1 aliphatic carbocycles. The van der Waals surface area contributed by atoms with Crippen molar-refractivity contribution in [2.75, 3.05) is 0 Å². The highest BCUT2D eigenvalue weighted by Crippen LogP contribution is 2.48. The van der Waals surface area contributed by atoms with Gasteiger partial charge in [-0.2, -0.15) is 5.26 Å². The van der Waals surface area contributed by atoms with Gasteiger partial charge in [-0.25, -0.2) is 0 Å². The number of hydrogen-bond donors (Lipinski definition) is 1. The molecule has 1 rings (SSSR count). The van der Waals surface area contributed by atoms with Gasteiger partial charge < -0.3 is 5.11 Å².